The van der Waals surface area contributed by atoms with Crippen molar-refractivity contribution in [3.63, 3.8) is 0 Å². The summed E-state index contributed by atoms with van der Waals surface area (Å²) in [5.41, 5.74) is 5.23. The Kier molecular flexibility index (Phi) is 7.52. The fraction of sp³-hybridized carbons (Fsp3) is 0.240. The number of hydrogen-bond acceptors (Lipinski definition) is 3. The van der Waals surface area contributed by atoms with Gasteiger partial charge in [-0.3, -0.25) is 4.79 Å². The van der Waals surface area contributed by atoms with Crippen molar-refractivity contribution in [2.75, 3.05) is 10.6 Å². The number of amides is 1. The van der Waals surface area contributed by atoms with E-state index in [1.807, 2.05) is 62.4 Å². The van der Waals surface area contributed by atoms with Gasteiger partial charge in [0.05, 0.1) is 0 Å². The Bertz CT molecular complexity index is 1000. The Balaban J connectivity index is 1.64. The molecule has 3 aromatic carbocycles. The van der Waals surface area contributed by atoms with E-state index in [0.717, 1.165) is 27.2 Å². The molecule has 0 aromatic heterocycles. The first-order valence-electron chi connectivity index (χ1n) is 10.0. The van der Waals surface area contributed by atoms with Crippen molar-refractivity contribution in [3.05, 3.63) is 87.9 Å². The lowest BCUT2D eigenvalue weighted by Gasteiger charge is -2.15. The van der Waals surface area contributed by atoms with Crippen LogP contribution in [-0.2, 0) is 17.9 Å². The minimum absolute atomic E-state index is 0.0142. The highest BCUT2D eigenvalue weighted by Crippen LogP contribution is 2.26. The lowest BCUT2D eigenvalue weighted by molar-refractivity contribution is -0.118. The average Bonchev–Trinajstić information content (AvgIpc) is 2.73. The second-order valence-corrected chi connectivity index (χ2v) is 8.46. The maximum atomic E-state index is 11.8. The van der Waals surface area contributed by atoms with E-state index in [9.17, 15) is 4.79 Å². The van der Waals surface area contributed by atoms with Crippen molar-refractivity contribution in [1.82, 2.24) is 0 Å². The van der Waals surface area contributed by atoms with Crippen molar-refractivity contribution in [1.29, 1.82) is 0 Å². The van der Waals surface area contributed by atoms with E-state index >= 15 is 0 Å². The molecule has 0 aliphatic heterocycles. The number of halogens is 1. The summed E-state index contributed by atoms with van der Waals surface area (Å²) in [5.74, 6) is 0.826. The molecule has 1 amide bonds. The SMILES string of the molecule is Cc1ccccc1COc1ccc(Br)cc1CNc1ccc(NC(=O)C(C)C)cc1. The van der Waals surface area contributed by atoms with E-state index in [1.54, 1.807) is 0 Å². The zero-order chi connectivity index (χ0) is 21.5. The van der Waals surface area contributed by atoms with Gasteiger partial charge < -0.3 is 15.4 Å². The lowest BCUT2D eigenvalue weighted by Crippen LogP contribution is -2.17. The van der Waals surface area contributed by atoms with Crippen molar-refractivity contribution in [3.8, 4) is 5.75 Å². The molecule has 2 N–H and O–H groups in total. The number of benzene rings is 3. The minimum Gasteiger partial charge on any atom is -0.489 e. The van der Waals surface area contributed by atoms with E-state index in [0.29, 0.717) is 13.2 Å². The number of carbonyl (C=O) groups excluding carboxylic acids is 1. The first kappa shape index (κ1) is 21.9. The van der Waals surface area contributed by atoms with Crippen LogP contribution in [0.1, 0.15) is 30.5 Å². The summed E-state index contributed by atoms with van der Waals surface area (Å²) in [7, 11) is 0. The number of rotatable bonds is 8. The zero-order valence-corrected chi connectivity index (χ0v) is 19.1. The molecule has 3 aromatic rings. The minimum atomic E-state index is -0.0441. The van der Waals surface area contributed by atoms with Gasteiger partial charge in [-0.15, -0.1) is 0 Å². The summed E-state index contributed by atoms with van der Waals surface area (Å²) in [6.07, 6.45) is 0. The van der Waals surface area contributed by atoms with E-state index in [-0.39, 0.29) is 11.8 Å². The van der Waals surface area contributed by atoms with Crippen LogP contribution < -0.4 is 15.4 Å². The summed E-state index contributed by atoms with van der Waals surface area (Å²) < 4.78 is 7.13. The normalized spacial score (nSPS) is 10.7. The molecule has 0 radical (unpaired) electrons. The van der Waals surface area contributed by atoms with E-state index in [4.69, 9.17) is 4.74 Å². The second kappa shape index (κ2) is 10.3. The predicted molar refractivity (Wildman–Crippen MR) is 127 cm³/mol. The molecule has 5 heteroatoms. The van der Waals surface area contributed by atoms with Crippen molar-refractivity contribution in [2.45, 2.75) is 33.9 Å². The highest BCUT2D eigenvalue weighted by molar-refractivity contribution is 9.10. The van der Waals surface area contributed by atoms with Crippen LogP contribution in [0.25, 0.3) is 0 Å². The molecule has 0 aliphatic rings. The largest absolute Gasteiger partial charge is 0.489 e. The molecule has 0 aliphatic carbocycles. The van der Waals surface area contributed by atoms with Crippen LogP contribution in [0.15, 0.2) is 71.2 Å². The van der Waals surface area contributed by atoms with Crippen LogP contribution in [0.2, 0.25) is 0 Å². The number of anilines is 2. The average molecular weight is 467 g/mol. The molecule has 0 fully saturated rings. The third kappa shape index (κ3) is 6.10. The topological polar surface area (TPSA) is 50.4 Å². The highest BCUT2D eigenvalue weighted by Gasteiger charge is 2.08. The molecule has 0 spiro atoms. The van der Waals surface area contributed by atoms with Gasteiger partial charge in [0.15, 0.2) is 0 Å². The zero-order valence-electron chi connectivity index (χ0n) is 17.5. The van der Waals surface area contributed by atoms with Crippen molar-refractivity contribution >= 4 is 33.2 Å². The number of carbonyl (C=O) groups is 1. The Hall–Kier alpha value is -2.79. The van der Waals surface area contributed by atoms with Crippen LogP contribution in [0.3, 0.4) is 0 Å². The number of hydrogen-bond donors (Lipinski definition) is 2. The number of nitrogens with one attached hydrogen (secondary N) is 2. The quantitative estimate of drug-likeness (QED) is 0.395. The third-order valence-corrected chi connectivity index (χ3v) is 5.32. The fourth-order valence-corrected chi connectivity index (χ4v) is 3.32. The first-order valence-corrected chi connectivity index (χ1v) is 10.8. The first-order chi connectivity index (χ1) is 14.4. The fourth-order valence-electron chi connectivity index (χ4n) is 2.91. The van der Waals surface area contributed by atoms with Crippen LogP contribution in [0, 0.1) is 12.8 Å². The Morgan fingerprint density at radius 2 is 1.67 bits per heavy atom. The molecular weight excluding hydrogens is 440 g/mol. The van der Waals surface area contributed by atoms with Gasteiger partial charge in [0.1, 0.15) is 12.4 Å². The predicted octanol–water partition coefficient (Wildman–Crippen LogP) is 6.54. The van der Waals surface area contributed by atoms with Gasteiger partial charge in [0, 0.05) is 33.9 Å². The van der Waals surface area contributed by atoms with Crippen LogP contribution >= 0.6 is 15.9 Å². The van der Waals surface area contributed by atoms with Crippen LogP contribution in [-0.4, -0.2) is 5.91 Å². The Labute approximate surface area is 186 Å². The van der Waals surface area contributed by atoms with Gasteiger partial charge in [-0.25, -0.2) is 0 Å². The Morgan fingerprint density at radius 3 is 2.37 bits per heavy atom. The highest BCUT2D eigenvalue weighted by atomic mass is 79.9. The molecule has 0 saturated carbocycles. The summed E-state index contributed by atoms with van der Waals surface area (Å²) in [6, 6.07) is 22.0. The monoisotopic (exact) mass is 466 g/mol. The van der Waals surface area contributed by atoms with Gasteiger partial charge in [-0.05, 0) is 60.5 Å². The van der Waals surface area contributed by atoms with Gasteiger partial charge in [-0.1, -0.05) is 54.0 Å². The maximum Gasteiger partial charge on any atom is 0.226 e. The molecule has 0 heterocycles. The van der Waals surface area contributed by atoms with Crippen LogP contribution in [0.5, 0.6) is 5.75 Å². The maximum absolute atomic E-state index is 11.8. The van der Waals surface area contributed by atoms with Crippen molar-refractivity contribution < 1.29 is 9.53 Å². The van der Waals surface area contributed by atoms with E-state index in [2.05, 4.69) is 51.7 Å². The standard InChI is InChI=1S/C25H27BrN2O2/c1-17(2)25(29)28-23-11-9-22(10-12-23)27-15-20-14-21(26)8-13-24(20)30-16-19-7-5-4-6-18(19)3/h4-14,17,27H,15-16H2,1-3H3,(H,28,29). The van der Waals surface area contributed by atoms with Crippen LogP contribution in [0.4, 0.5) is 11.4 Å². The van der Waals surface area contributed by atoms with Gasteiger partial charge >= 0.3 is 0 Å². The third-order valence-electron chi connectivity index (χ3n) is 4.83. The molecular formula is C25H27BrN2O2. The molecule has 156 valence electrons. The molecule has 0 unspecified atom stereocenters. The molecule has 0 bridgehead atoms. The number of aryl methyl sites for hydroxylation is 1. The van der Waals surface area contributed by atoms with Gasteiger partial charge in [0.25, 0.3) is 0 Å². The smallest absolute Gasteiger partial charge is 0.226 e. The van der Waals surface area contributed by atoms with E-state index in [1.165, 1.54) is 11.1 Å². The van der Waals surface area contributed by atoms with E-state index < -0.39 is 0 Å². The molecule has 4 nitrogen and oxygen atoms in total. The molecule has 30 heavy (non-hydrogen) atoms. The summed E-state index contributed by atoms with van der Waals surface area (Å²) >= 11 is 3.55. The summed E-state index contributed by atoms with van der Waals surface area (Å²) in [6.45, 7) is 7.01. The molecule has 3 rings (SSSR count). The number of ether oxygens (including phenoxy) is 1. The summed E-state index contributed by atoms with van der Waals surface area (Å²) in [4.78, 5) is 11.8. The molecule has 0 atom stereocenters. The summed E-state index contributed by atoms with van der Waals surface area (Å²) in [5, 5.41) is 6.33. The molecule has 0 saturated heterocycles. The van der Waals surface area contributed by atoms with Gasteiger partial charge in [-0.2, -0.15) is 0 Å². The van der Waals surface area contributed by atoms with Gasteiger partial charge in [0.2, 0.25) is 5.91 Å². The van der Waals surface area contributed by atoms with Crippen molar-refractivity contribution in [2.24, 2.45) is 5.92 Å². The Morgan fingerprint density at radius 1 is 0.967 bits per heavy atom. The second-order valence-electron chi connectivity index (χ2n) is 7.54. The lowest BCUT2D eigenvalue weighted by atomic mass is 10.1.